The van der Waals surface area contributed by atoms with E-state index in [4.69, 9.17) is 10.2 Å². The third kappa shape index (κ3) is 129. The van der Waals surface area contributed by atoms with Gasteiger partial charge in [-0.15, -0.1) is 0 Å². The van der Waals surface area contributed by atoms with Crippen LogP contribution in [0, 0.1) is 25.7 Å². The quantitative estimate of drug-likeness (QED) is 0.139. The molecule has 0 saturated heterocycles. The van der Waals surface area contributed by atoms with Gasteiger partial charge >= 0.3 is 0 Å². The maximum atomic E-state index is 10.0. The number of aliphatic hydroxyl groups excluding tert-OH is 2. The number of ketones is 10. The molecule has 0 aliphatic carbocycles. The minimum Gasteiger partial charge on any atom is -0.512 e. The first-order valence-electron chi connectivity index (χ1n) is 12.0. The molecule has 0 aliphatic heterocycles. The van der Waals surface area contributed by atoms with Gasteiger partial charge in [0.25, 0.3) is 0 Å². The summed E-state index contributed by atoms with van der Waals surface area (Å²) in [4.78, 5) is 99.9. The summed E-state index contributed by atoms with van der Waals surface area (Å²) in [5, 5.41) is 16.7. The smallest absolute Gasteiger partial charge is 0.155 e. The number of allylic oxidation sites excluding steroid dienone is 4. The molecule has 0 fully saturated rings. The van der Waals surface area contributed by atoms with Gasteiger partial charge in [0.1, 0.15) is 0 Å². The molecule has 0 saturated carbocycles. The van der Waals surface area contributed by atoms with E-state index >= 15 is 0 Å². The van der Waals surface area contributed by atoms with Gasteiger partial charge in [0.05, 0.1) is 11.5 Å². The van der Waals surface area contributed by atoms with Crippen LogP contribution < -0.4 is 0 Å². The van der Waals surface area contributed by atoms with Crippen LogP contribution in [0.25, 0.3) is 0 Å². The summed E-state index contributed by atoms with van der Waals surface area (Å²) in [7, 11) is 0. The second kappa shape index (κ2) is 39.6. The van der Waals surface area contributed by atoms with Crippen LogP contribution in [-0.2, 0) is 88.2 Å². The van der Waals surface area contributed by atoms with Crippen molar-refractivity contribution < 1.29 is 98.4 Å². The summed E-state index contributed by atoms with van der Waals surface area (Å²) in [5.41, 5.74) is 0. The first kappa shape index (κ1) is 59.9. The summed E-state index contributed by atoms with van der Waals surface area (Å²) in [6.07, 6.45) is 6.56. The van der Waals surface area contributed by atoms with E-state index in [0.29, 0.717) is 0 Å². The van der Waals surface area contributed by atoms with Gasteiger partial charge in [0, 0.05) is 98.6 Å². The van der Waals surface area contributed by atoms with Gasteiger partial charge in [-0.3, -0.25) is 35.3 Å². The van der Waals surface area contributed by atoms with Crippen molar-refractivity contribution >= 4 is 57.8 Å². The Morgan fingerprint density at radius 3 is 0.455 bits per heavy atom. The molecular formula is C30H44Ir2O12-4. The number of Topliss-reactive ketones (excluding diaryl/α,β-unsaturated/α-hetero) is 8. The Balaban J connectivity index is -0.0000000584. The van der Waals surface area contributed by atoms with E-state index in [2.05, 4.69) is 0 Å². The minimum atomic E-state index is -0.187. The number of aliphatic hydroxyl groups is 2. The minimum absolute atomic E-state index is 0. The molecule has 0 heterocycles. The summed E-state index contributed by atoms with van der Waals surface area (Å²) < 4.78 is 0. The third-order valence-electron chi connectivity index (χ3n) is 2.45. The number of hydrogen-bond acceptors (Lipinski definition) is 12. The summed E-state index contributed by atoms with van der Waals surface area (Å²) in [5.74, 6) is -1.62. The monoisotopic (exact) mass is 982 g/mol. The normalized spacial score (nSPS) is 8.55. The predicted octanol–water partition coefficient (Wildman–Crippen LogP) is 3.54. The molecule has 0 unspecified atom stereocenters. The Bertz CT molecular complexity index is 819. The maximum Gasteiger partial charge on any atom is 0.155 e. The maximum absolute atomic E-state index is 10.0. The Labute approximate surface area is 287 Å². The Morgan fingerprint density at radius 1 is 0.341 bits per heavy atom. The SMILES string of the molecule is CC(=O)/C=C(/C)O.CC(=O)/C=C(/C)O.CC(=O)[CH-]C(C)=O.CC(=O)[CH-]C(C)=O.CC(=O)[CH-]C(C)=O.CC(=O)[CH-]C(C)=O.[Ir].[Ir]. The average molecular weight is 981 g/mol. The molecule has 12 nitrogen and oxygen atoms in total. The molecular weight excluding hydrogens is 937 g/mol. The Hall–Kier alpha value is -3.44. The predicted molar refractivity (Wildman–Crippen MR) is 157 cm³/mol. The van der Waals surface area contributed by atoms with Crippen molar-refractivity contribution in [3.05, 3.63) is 49.4 Å². The topological polar surface area (TPSA) is 211 Å². The van der Waals surface area contributed by atoms with Crippen LogP contribution in [-0.4, -0.2) is 68.0 Å². The molecule has 0 aromatic heterocycles. The summed E-state index contributed by atoms with van der Waals surface area (Å²) in [6.45, 7) is 16.5. The van der Waals surface area contributed by atoms with Crippen LogP contribution in [0.1, 0.15) is 83.1 Å². The molecule has 44 heavy (non-hydrogen) atoms. The fourth-order valence-corrected chi connectivity index (χ4v) is 1.73. The van der Waals surface area contributed by atoms with Crippen molar-refractivity contribution in [1.29, 1.82) is 0 Å². The van der Waals surface area contributed by atoms with E-state index in [9.17, 15) is 47.9 Å². The van der Waals surface area contributed by atoms with Crippen molar-refractivity contribution in [3.8, 4) is 0 Å². The fourth-order valence-electron chi connectivity index (χ4n) is 1.73. The van der Waals surface area contributed by atoms with Gasteiger partial charge in [-0.1, -0.05) is 0 Å². The standard InChI is InChI=1S/2C5H8O2.4C5H7O2.2Ir/c6*1-4(6)3-5(2)7;;/h2*3,6H,1-2H3;4*3H,1-2H3;;/q;;4*-1;;/b2*4-3-;;;;;;. The molecule has 258 valence electrons. The van der Waals surface area contributed by atoms with Crippen LogP contribution in [0.3, 0.4) is 0 Å². The van der Waals surface area contributed by atoms with Crippen LogP contribution >= 0.6 is 0 Å². The van der Waals surface area contributed by atoms with Gasteiger partial charge in [-0.05, 0) is 83.1 Å². The second-order valence-electron chi connectivity index (χ2n) is 8.26. The van der Waals surface area contributed by atoms with Gasteiger partial charge in [0.15, 0.2) is 11.6 Å². The van der Waals surface area contributed by atoms with Crippen molar-refractivity contribution in [2.45, 2.75) is 83.1 Å². The average Bonchev–Trinajstić information content (AvgIpc) is 2.63. The molecule has 0 aromatic rings. The molecule has 2 radical (unpaired) electrons. The van der Waals surface area contributed by atoms with Crippen LogP contribution in [0.15, 0.2) is 23.7 Å². The zero-order valence-electron chi connectivity index (χ0n) is 27.1. The molecule has 0 spiro atoms. The van der Waals surface area contributed by atoms with Crippen LogP contribution in [0.2, 0.25) is 0 Å². The Kier molecular flexibility index (Phi) is 53.8. The van der Waals surface area contributed by atoms with Crippen LogP contribution in [0.4, 0.5) is 0 Å². The first-order valence-corrected chi connectivity index (χ1v) is 12.0. The molecule has 0 amide bonds. The van der Waals surface area contributed by atoms with Crippen molar-refractivity contribution in [2.24, 2.45) is 0 Å². The van der Waals surface area contributed by atoms with Crippen molar-refractivity contribution in [3.63, 3.8) is 0 Å². The molecule has 0 bridgehead atoms. The van der Waals surface area contributed by atoms with Crippen molar-refractivity contribution in [2.75, 3.05) is 0 Å². The molecule has 0 rings (SSSR count). The molecule has 2 N–H and O–H groups in total. The first-order chi connectivity index (χ1) is 18.8. The third-order valence-corrected chi connectivity index (χ3v) is 2.45. The van der Waals surface area contributed by atoms with Gasteiger partial charge in [0.2, 0.25) is 0 Å². The van der Waals surface area contributed by atoms with Crippen molar-refractivity contribution in [1.82, 2.24) is 0 Å². The molecule has 0 aromatic carbocycles. The molecule has 14 heteroatoms. The van der Waals surface area contributed by atoms with Crippen LogP contribution in [0.5, 0.6) is 0 Å². The number of rotatable bonds is 10. The van der Waals surface area contributed by atoms with E-state index in [1.165, 1.54) is 95.2 Å². The molecule has 0 atom stereocenters. The van der Waals surface area contributed by atoms with Gasteiger partial charge < -0.3 is 48.6 Å². The van der Waals surface area contributed by atoms with E-state index in [1.807, 2.05) is 0 Å². The number of carbonyl (C=O) groups excluding carboxylic acids is 10. The molecule has 0 aliphatic rings. The van der Waals surface area contributed by atoms with E-state index < -0.39 is 0 Å². The zero-order valence-corrected chi connectivity index (χ0v) is 31.9. The van der Waals surface area contributed by atoms with Gasteiger partial charge in [-0.2, -0.15) is 0 Å². The summed E-state index contributed by atoms with van der Waals surface area (Å²) in [6, 6.07) is 0. The Morgan fingerprint density at radius 2 is 0.455 bits per heavy atom. The fraction of sp³-hybridized carbons (Fsp3) is 0.400. The zero-order chi connectivity index (χ0) is 35.2. The van der Waals surface area contributed by atoms with Gasteiger partial charge in [-0.25, -0.2) is 0 Å². The number of hydrogen-bond donors (Lipinski definition) is 2. The number of carbonyl (C=O) groups is 10. The summed E-state index contributed by atoms with van der Waals surface area (Å²) >= 11 is 0. The van der Waals surface area contributed by atoms with E-state index in [0.717, 1.165) is 25.7 Å². The second-order valence-corrected chi connectivity index (χ2v) is 8.26. The largest absolute Gasteiger partial charge is 0.512 e. The van der Waals surface area contributed by atoms with E-state index in [-0.39, 0.29) is 110 Å². The van der Waals surface area contributed by atoms with E-state index in [1.54, 1.807) is 0 Å².